The fourth-order valence-electron chi connectivity index (χ4n) is 2.65. The lowest BCUT2D eigenvalue weighted by atomic mass is 10.1. The van der Waals surface area contributed by atoms with Gasteiger partial charge in [0.1, 0.15) is 11.6 Å². The van der Waals surface area contributed by atoms with Crippen LogP contribution >= 0.6 is 0 Å². The van der Waals surface area contributed by atoms with Crippen molar-refractivity contribution < 1.29 is 22.6 Å². The molecular weight excluding hydrogens is 436 g/mol. The van der Waals surface area contributed by atoms with Crippen molar-refractivity contribution in [3.8, 4) is 11.8 Å². The van der Waals surface area contributed by atoms with E-state index in [4.69, 9.17) is 0 Å². The first-order chi connectivity index (χ1) is 15.1. The number of hydrogen-bond acceptors (Lipinski definition) is 4. The summed E-state index contributed by atoms with van der Waals surface area (Å²) >= 11 is 0. The first-order valence-electron chi connectivity index (χ1n) is 9.20. The molecule has 0 radical (unpaired) electrons. The molecule has 1 heterocycles. The van der Waals surface area contributed by atoms with E-state index in [0.29, 0.717) is 16.1 Å². The lowest BCUT2D eigenvalue weighted by Crippen LogP contribution is -2.07. The molecule has 3 rings (SSSR count). The number of hydrogen-bond donors (Lipinski definition) is 1. The van der Waals surface area contributed by atoms with Crippen LogP contribution in [0, 0.1) is 23.5 Å². The molecule has 1 N–H and O–H groups in total. The van der Waals surface area contributed by atoms with Gasteiger partial charge in [-0.15, -0.1) is 0 Å². The third kappa shape index (κ3) is 6.06. The second-order valence-electron chi connectivity index (χ2n) is 6.77. The Labute approximate surface area is 183 Å². The molecule has 0 aliphatic rings. The summed E-state index contributed by atoms with van der Waals surface area (Å²) in [5.74, 6) is 2.78. The quantitative estimate of drug-likeness (QED) is 0.607. The average Bonchev–Trinajstić information content (AvgIpc) is 2.71. The molecule has 2 aromatic carbocycles. The van der Waals surface area contributed by atoms with E-state index in [2.05, 4.69) is 26.5 Å². The number of anilines is 1. The lowest BCUT2D eigenvalue weighted by molar-refractivity contribution is -0.114. The number of benzene rings is 2. The number of halogens is 2. The lowest BCUT2D eigenvalue weighted by Gasteiger charge is -2.06. The minimum Gasteiger partial charge on any atom is -0.326 e. The molecule has 1 unspecified atom stereocenters. The maximum Gasteiger partial charge on any atom is 0.286 e. The van der Waals surface area contributed by atoms with Crippen molar-refractivity contribution in [3.63, 3.8) is 0 Å². The average molecular weight is 453 g/mol. The molecule has 3 aromatic rings. The number of carbonyl (C=O) groups is 2. The Hall–Kier alpha value is -3.90. The third-order valence-electron chi connectivity index (χ3n) is 4.07. The summed E-state index contributed by atoms with van der Waals surface area (Å²) in [6, 6.07) is 10.5. The number of rotatable bonds is 3. The Morgan fingerprint density at radius 3 is 2.22 bits per heavy atom. The predicted molar refractivity (Wildman–Crippen MR) is 116 cm³/mol. The highest BCUT2D eigenvalue weighted by Gasteiger charge is 2.12. The van der Waals surface area contributed by atoms with Crippen LogP contribution in [-0.2, 0) is 14.5 Å². The monoisotopic (exact) mass is 453 g/mol. The van der Waals surface area contributed by atoms with E-state index in [9.17, 15) is 22.6 Å². The summed E-state index contributed by atoms with van der Waals surface area (Å²) in [5.41, 5.74) is 1.03. The summed E-state index contributed by atoms with van der Waals surface area (Å²) < 4.78 is 43.4. The van der Waals surface area contributed by atoms with E-state index in [-0.39, 0.29) is 17.0 Å². The predicted octanol–water partition coefficient (Wildman–Crippen LogP) is 4.02. The van der Waals surface area contributed by atoms with Crippen LogP contribution in [0.2, 0.25) is 0 Å². The van der Waals surface area contributed by atoms with E-state index in [0.717, 1.165) is 18.2 Å². The first-order valence-corrected chi connectivity index (χ1v) is 11.1. The van der Waals surface area contributed by atoms with Crippen LogP contribution < -0.4 is 5.32 Å². The fourth-order valence-corrected chi connectivity index (χ4v) is 3.82. The van der Waals surface area contributed by atoms with Crippen LogP contribution in [-0.4, -0.2) is 27.3 Å². The SMILES string of the molecule is CC(=O)Nc1ccc(S(C)(=O)=NC(=O)c2cncc(C#Cc3cc(F)cc(F)c3)c2)cc1. The van der Waals surface area contributed by atoms with Gasteiger partial charge in [-0.2, -0.15) is 4.36 Å². The Morgan fingerprint density at radius 2 is 1.59 bits per heavy atom. The molecule has 0 aliphatic carbocycles. The van der Waals surface area contributed by atoms with Gasteiger partial charge in [-0.25, -0.2) is 13.0 Å². The van der Waals surface area contributed by atoms with Crippen LogP contribution in [0.5, 0.6) is 0 Å². The number of nitrogens with one attached hydrogen (secondary N) is 1. The van der Waals surface area contributed by atoms with Crippen molar-refractivity contribution in [2.75, 3.05) is 11.6 Å². The van der Waals surface area contributed by atoms with E-state index < -0.39 is 27.3 Å². The van der Waals surface area contributed by atoms with Crippen LogP contribution in [0.25, 0.3) is 0 Å². The zero-order valence-electron chi connectivity index (χ0n) is 17.1. The molecule has 0 fully saturated rings. The molecular formula is C23H17F2N3O3S. The Bertz CT molecular complexity index is 1360. The molecule has 1 atom stereocenters. The zero-order chi connectivity index (χ0) is 23.3. The fraction of sp³-hybridized carbons (Fsp3) is 0.0870. The van der Waals surface area contributed by atoms with Gasteiger partial charge in [-0.3, -0.25) is 14.6 Å². The van der Waals surface area contributed by atoms with Crippen molar-refractivity contribution in [2.24, 2.45) is 4.36 Å². The summed E-state index contributed by atoms with van der Waals surface area (Å²) in [6.07, 6.45) is 3.96. The maximum atomic E-state index is 13.3. The topological polar surface area (TPSA) is 88.5 Å². The summed E-state index contributed by atoms with van der Waals surface area (Å²) in [4.78, 5) is 27.9. The van der Waals surface area contributed by atoms with Crippen LogP contribution in [0.15, 0.2) is 70.2 Å². The largest absolute Gasteiger partial charge is 0.326 e. The molecule has 1 aromatic heterocycles. The van der Waals surface area contributed by atoms with Crippen molar-refractivity contribution in [1.82, 2.24) is 4.98 Å². The van der Waals surface area contributed by atoms with Crippen LogP contribution in [0.4, 0.5) is 14.5 Å². The second kappa shape index (κ2) is 9.49. The molecule has 32 heavy (non-hydrogen) atoms. The van der Waals surface area contributed by atoms with Crippen LogP contribution in [0.3, 0.4) is 0 Å². The van der Waals surface area contributed by atoms with Gasteiger partial charge in [0.25, 0.3) is 5.91 Å². The van der Waals surface area contributed by atoms with Crippen molar-refractivity contribution in [3.05, 3.63) is 89.2 Å². The van der Waals surface area contributed by atoms with Crippen molar-refractivity contribution >= 4 is 27.2 Å². The van der Waals surface area contributed by atoms with Gasteiger partial charge in [0, 0.05) is 53.3 Å². The van der Waals surface area contributed by atoms with E-state index in [1.165, 1.54) is 43.8 Å². The number of amides is 2. The molecule has 0 saturated heterocycles. The van der Waals surface area contributed by atoms with E-state index >= 15 is 0 Å². The minimum atomic E-state index is -3.06. The Balaban J connectivity index is 1.85. The second-order valence-corrected chi connectivity index (χ2v) is 9.03. The van der Waals surface area contributed by atoms with Gasteiger partial charge in [0.2, 0.25) is 5.91 Å². The van der Waals surface area contributed by atoms with Gasteiger partial charge in [0.15, 0.2) is 0 Å². The molecule has 162 valence electrons. The normalized spacial score (nSPS) is 12.1. The molecule has 0 saturated carbocycles. The molecule has 9 heteroatoms. The highest BCUT2D eigenvalue weighted by Crippen LogP contribution is 2.17. The minimum absolute atomic E-state index is 0.0617. The van der Waals surface area contributed by atoms with Gasteiger partial charge in [-0.05, 0) is 42.5 Å². The summed E-state index contributed by atoms with van der Waals surface area (Å²) in [7, 11) is -3.06. The third-order valence-corrected chi connectivity index (χ3v) is 5.73. The summed E-state index contributed by atoms with van der Waals surface area (Å²) in [6.45, 7) is 1.37. The van der Waals surface area contributed by atoms with E-state index in [1.54, 1.807) is 12.1 Å². The number of nitrogens with zero attached hydrogens (tertiary/aromatic N) is 2. The van der Waals surface area contributed by atoms with Gasteiger partial charge < -0.3 is 5.32 Å². The molecule has 0 spiro atoms. The summed E-state index contributed by atoms with van der Waals surface area (Å²) in [5, 5.41) is 2.59. The van der Waals surface area contributed by atoms with Crippen molar-refractivity contribution in [2.45, 2.75) is 11.8 Å². The maximum absolute atomic E-state index is 13.3. The number of aromatic nitrogens is 1. The zero-order valence-corrected chi connectivity index (χ0v) is 17.9. The smallest absolute Gasteiger partial charge is 0.286 e. The Morgan fingerprint density at radius 1 is 0.969 bits per heavy atom. The highest BCUT2D eigenvalue weighted by molar-refractivity contribution is 7.93. The molecule has 0 aliphatic heterocycles. The first kappa shape index (κ1) is 22.8. The standard InChI is InChI=1S/C23H17F2N3O3S/c1-15(29)27-21-5-7-22(8-6-21)32(2,31)28-23(30)18-9-17(13-26-14-18)4-3-16-10-19(24)12-20(25)11-16/h5-14H,1-2H3,(H,27,29). The Kier molecular flexibility index (Phi) is 6.76. The van der Waals surface area contributed by atoms with Gasteiger partial charge in [-0.1, -0.05) is 11.8 Å². The van der Waals surface area contributed by atoms with E-state index in [1.807, 2.05) is 0 Å². The number of pyridine rings is 1. The molecule has 2 amide bonds. The van der Waals surface area contributed by atoms with Crippen LogP contribution in [0.1, 0.15) is 28.4 Å². The van der Waals surface area contributed by atoms with Gasteiger partial charge in [0.05, 0.1) is 15.3 Å². The molecule has 0 bridgehead atoms. The van der Waals surface area contributed by atoms with Crippen molar-refractivity contribution in [1.29, 1.82) is 0 Å². The van der Waals surface area contributed by atoms with Gasteiger partial charge >= 0.3 is 0 Å². The number of carbonyl (C=O) groups excluding carboxylic acids is 2. The molecule has 6 nitrogen and oxygen atoms in total. The highest BCUT2D eigenvalue weighted by atomic mass is 32.2.